The van der Waals surface area contributed by atoms with Crippen LogP contribution in [0.15, 0.2) is 130 Å². The van der Waals surface area contributed by atoms with E-state index in [4.69, 9.17) is 21.6 Å². The van der Waals surface area contributed by atoms with Crippen LogP contribution in [0.2, 0.25) is 0 Å². The van der Waals surface area contributed by atoms with Gasteiger partial charge in [0.25, 0.3) is 0 Å². The highest BCUT2D eigenvalue weighted by Crippen LogP contribution is 2.51. The summed E-state index contributed by atoms with van der Waals surface area (Å²) in [5.41, 5.74) is 7.39. The summed E-state index contributed by atoms with van der Waals surface area (Å²) in [6, 6.07) is 34.6. The molecule has 0 radical (unpaired) electrons. The summed E-state index contributed by atoms with van der Waals surface area (Å²) in [6.07, 6.45) is 6.59. The number of amidine groups is 1. The maximum Gasteiger partial charge on any atom is 0.156 e. The second kappa shape index (κ2) is 9.83. The molecule has 0 saturated carbocycles. The third kappa shape index (κ3) is 4.00. The van der Waals surface area contributed by atoms with Crippen LogP contribution < -0.4 is 4.90 Å². The summed E-state index contributed by atoms with van der Waals surface area (Å²) in [5, 5.41) is 3.22. The zero-order valence-electron chi connectivity index (χ0n) is 22.7. The summed E-state index contributed by atoms with van der Waals surface area (Å²) in [6.45, 7) is 2.18. The molecule has 1 aliphatic carbocycles. The molecule has 200 valence electrons. The van der Waals surface area contributed by atoms with E-state index in [0.29, 0.717) is 11.1 Å². The lowest BCUT2D eigenvalue weighted by molar-refractivity contribution is 0.571. The molecule has 4 aromatic carbocycles. The first-order valence-electron chi connectivity index (χ1n) is 14.3. The lowest BCUT2D eigenvalue weighted by atomic mass is 9.83. The number of fused-ring (bicyclic) bond motifs is 6. The van der Waals surface area contributed by atoms with E-state index in [1.165, 1.54) is 48.4 Å². The van der Waals surface area contributed by atoms with Gasteiger partial charge in [0, 0.05) is 54.6 Å². The third-order valence-corrected chi connectivity index (χ3v) is 10.2. The molecule has 0 bridgehead atoms. The van der Waals surface area contributed by atoms with E-state index in [2.05, 4.69) is 121 Å². The number of aliphatic imine (C=N–C) groups is 2. The number of rotatable bonds is 4. The Morgan fingerprint density at radius 2 is 1.66 bits per heavy atom. The molecular weight excluding hydrogens is 542 g/mol. The Labute approximate surface area is 248 Å². The molecule has 5 heteroatoms. The van der Waals surface area contributed by atoms with Gasteiger partial charge in [-0.15, -0.1) is 11.3 Å². The Morgan fingerprint density at radius 3 is 2.54 bits per heavy atom. The van der Waals surface area contributed by atoms with E-state index in [-0.39, 0.29) is 12.0 Å². The predicted molar refractivity (Wildman–Crippen MR) is 175 cm³/mol. The van der Waals surface area contributed by atoms with Crippen LogP contribution in [-0.2, 0) is 0 Å². The molecule has 8 rings (SSSR count). The van der Waals surface area contributed by atoms with Crippen LogP contribution in [0.5, 0.6) is 0 Å². The summed E-state index contributed by atoms with van der Waals surface area (Å²) in [5.74, 6) is 1.11. The minimum atomic E-state index is -0.0760. The number of anilines is 2. The average molecular weight is 570 g/mol. The Kier molecular flexibility index (Phi) is 5.94. The van der Waals surface area contributed by atoms with E-state index in [1.54, 1.807) is 0 Å². The predicted octanol–water partition coefficient (Wildman–Crippen LogP) is 10.00. The van der Waals surface area contributed by atoms with Crippen molar-refractivity contribution in [3.63, 3.8) is 0 Å². The van der Waals surface area contributed by atoms with Gasteiger partial charge in [-0.1, -0.05) is 91.3 Å². The minimum Gasteiger partial charge on any atom is -0.313 e. The van der Waals surface area contributed by atoms with Crippen LogP contribution in [0, 0.1) is 5.92 Å². The molecule has 3 aliphatic rings. The van der Waals surface area contributed by atoms with Gasteiger partial charge in [-0.05, 0) is 60.4 Å². The van der Waals surface area contributed by atoms with Crippen molar-refractivity contribution in [1.29, 1.82) is 0 Å². The Bertz CT molecular complexity index is 1950. The average Bonchev–Trinajstić information content (AvgIpc) is 3.56. The van der Waals surface area contributed by atoms with Gasteiger partial charge in [0.1, 0.15) is 5.17 Å². The lowest BCUT2D eigenvalue weighted by Crippen LogP contribution is -2.32. The maximum absolute atomic E-state index is 6.95. The molecule has 3 nitrogen and oxygen atoms in total. The van der Waals surface area contributed by atoms with Crippen LogP contribution in [-0.4, -0.2) is 17.0 Å². The summed E-state index contributed by atoms with van der Waals surface area (Å²) < 4.78 is 2.54. The highest BCUT2D eigenvalue weighted by molar-refractivity contribution is 7.25. The second-order valence-corrected chi connectivity index (χ2v) is 12.4. The topological polar surface area (TPSA) is 28.0 Å². The zero-order valence-corrected chi connectivity index (χ0v) is 24.2. The van der Waals surface area contributed by atoms with Crippen LogP contribution in [0.4, 0.5) is 11.4 Å². The number of halogens is 1. The highest BCUT2D eigenvalue weighted by Gasteiger charge is 2.38. The fourth-order valence-electron chi connectivity index (χ4n) is 6.68. The SMILES string of the molecule is CCC1C(Cl)=NC(c2ccc3c(c2)sc2ccccc23)=NC1C1=CCC2C(=C1)N(c1ccccc1)c1ccccc12. The minimum absolute atomic E-state index is 0.0575. The number of para-hydroxylation sites is 2. The first kappa shape index (κ1) is 24.8. The Balaban J connectivity index is 1.21. The third-order valence-electron chi connectivity index (χ3n) is 8.67. The van der Waals surface area contributed by atoms with Crippen molar-refractivity contribution in [3.05, 3.63) is 132 Å². The van der Waals surface area contributed by atoms with Crippen LogP contribution >= 0.6 is 22.9 Å². The van der Waals surface area contributed by atoms with Gasteiger partial charge < -0.3 is 4.90 Å². The molecule has 3 heterocycles. The fraction of sp³-hybridized carbons (Fsp3) is 0.167. The van der Waals surface area contributed by atoms with Crippen molar-refractivity contribution in [1.82, 2.24) is 0 Å². The van der Waals surface area contributed by atoms with E-state index in [9.17, 15) is 0 Å². The number of nitrogens with zero attached hydrogens (tertiary/aromatic N) is 3. The van der Waals surface area contributed by atoms with Gasteiger partial charge >= 0.3 is 0 Å². The molecule has 0 saturated heterocycles. The van der Waals surface area contributed by atoms with Crippen LogP contribution in [0.25, 0.3) is 20.2 Å². The molecule has 5 aromatic rings. The first-order chi connectivity index (χ1) is 20.2. The molecule has 1 aromatic heterocycles. The van der Waals surface area contributed by atoms with Crippen molar-refractivity contribution in [2.75, 3.05) is 4.90 Å². The zero-order chi connectivity index (χ0) is 27.5. The van der Waals surface area contributed by atoms with Gasteiger partial charge in [0.15, 0.2) is 5.84 Å². The normalized spacial score (nSPS) is 21.7. The Morgan fingerprint density at radius 1 is 0.878 bits per heavy atom. The quantitative estimate of drug-likeness (QED) is 0.211. The lowest BCUT2D eigenvalue weighted by Gasteiger charge is -2.31. The van der Waals surface area contributed by atoms with Crippen molar-refractivity contribution in [3.8, 4) is 0 Å². The van der Waals surface area contributed by atoms with E-state index >= 15 is 0 Å². The molecular formula is C36H28ClN3S. The van der Waals surface area contributed by atoms with Crippen LogP contribution in [0.1, 0.15) is 36.8 Å². The van der Waals surface area contributed by atoms with E-state index in [0.717, 1.165) is 24.2 Å². The second-order valence-electron chi connectivity index (χ2n) is 10.9. The number of hydrogen-bond acceptors (Lipinski definition) is 4. The molecule has 41 heavy (non-hydrogen) atoms. The van der Waals surface area contributed by atoms with Crippen molar-refractivity contribution in [2.45, 2.75) is 31.7 Å². The summed E-state index contributed by atoms with van der Waals surface area (Å²) in [7, 11) is 0. The molecule has 0 spiro atoms. The van der Waals surface area contributed by atoms with E-state index < -0.39 is 0 Å². The molecule has 0 amide bonds. The standard InChI is InChI=1S/C36H28ClN3S/c1-2-25-34(38-36(39-35(25)37)23-17-19-29-28-13-7-9-15-32(28)41-33(29)21-23)22-16-18-27-26-12-6-8-14-30(26)40(31(27)20-22)24-10-4-3-5-11-24/h3-17,19-21,25,27,34H,2,18H2,1H3. The molecule has 3 atom stereocenters. The first-order valence-corrected chi connectivity index (χ1v) is 15.5. The van der Waals surface area contributed by atoms with E-state index in [1.807, 2.05) is 11.3 Å². The smallest absolute Gasteiger partial charge is 0.156 e. The Hall–Kier alpha value is -3.99. The monoisotopic (exact) mass is 569 g/mol. The largest absolute Gasteiger partial charge is 0.313 e. The van der Waals surface area contributed by atoms with Crippen molar-refractivity contribution >= 4 is 65.5 Å². The van der Waals surface area contributed by atoms with Gasteiger partial charge in [0.05, 0.1) is 6.04 Å². The van der Waals surface area contributed by atoms with Crippen molar-refractivity contribution < 1.29 is 0 Å². The highest BCUT2D eigenvalue weighted by atomic mass is 35.5. The van der Waals surface area contributed by atoms with Crippen LogP contribution in [0.3, 0.4) is 0 Å². The van der Waals surface area contributed by atoms with Crippen molar-refractivity contribution in [2.24, 2.45) is 15.9 Å². The van der Waals surface area contributed by atoms with Gasteiger partial charge in [-0.25, -0.2) is 4.99 Å². The number of thiophene rings is 1. The number of benzene rings is 4. The molecule has 0 fully saturated rings. The number of allylic oxidation sites excluding steroid dienone is 2. The molecule has 2 aliphatic heterocycles. The molecule has 3 unspecified atom stereocenters. The van der Waals surface area contributed by atoms with Gasteiger partial charge in [0.2, 0.25) is 0 Å². The summed E-state index contributed by atoms with van der Waals surface area (Å²) >= 11 is 8.76. The van der Waals surface area contributed by atoms with Gasteiger partial charge in [-0.2, -0.15) is 0 Å². The maximum atomic E-state index is 6.95. The molecule has 0 N–H and O–H groups in total. The number of hydrogen-bond donors (Lipinski definition) is 0. The van der Waals surface area contributed by atoms with Gasteiger partial charge in [-0.3, -0.25) is 4.99 Å². The fourth-order valence-corrected chi connectivity index (χ4v) is 8.17. The summed E-state index contributed by atoms with van der Waals surface area (Å²) in [4.78, 5) is 12.6.